The molecule has 9 nitrogen and oxygen atoms in total. The van der Waals surface area contributed by atoms with Crippen LogP contribution < -0.4 is 9.03 Å². The van der Waals surface area contributed by atoms with Gasteiger partial charge in [0.1, 0.15) is 5.82 Å². The zero-order valence-electron chi connectivity index (χ0n) is 20.0. The summed E-state index contributed by atoms with van der Waals surface area (Å²) in [5.41, 5.74) is 3.55. The van der Waals surface area contributed by atoms with Crippen molar-refractivity contribution in [1.82, 2.24) is 14.3 Å². The lowest BCUT2D eigenvalue weighted by atomic mass is 10.1. The number of benzene rings is 3. The van der Waals surface area contributed by atoms with Crippen LogP contribution in [-0.2, 0) is 16.8 Å². The minimum absolute atomic E-state index is 0.199. The molecule has 0 atom stereocenters. The van der Waals surface area contributed by atoms with Gasteiger partial charge in [-0.2, -0.15) is 8.42 Å². The highest BCUT2D eigenvalue weighted by atomic mass is 35.5. The van der Waals surface area contributed by atoms with E-state index in [0.29, 0.717) is 39.4 Å². The fraction of sp³-hybridized carbons (Fsp3) is 0.0370. The van der Waals surface area contributed by atoms with Gasteiger partial charge in [-0.25, -0.2) is 18.8 Å². The molecule has 0 saturated heterocycles. The standard InChI is InChI=1S/C27H20Cl2N4O5S/c28-20-8-11-22(23(29)13-20)24-15-32(14-18-1-6-19(7-2-18)27(35)36)25(30-24)12-5-17-3-9-21(10-4-17)33-16-26(34)31-39(33,37)38/h1-13,15-16,31,34H,14H2,(H,35,36). The molecule has 4 aromatic rings. The number of imidazole rings is 1. The molecule has 0 bridgehead atoms. The number of hydrogen-bond donors (Lipinski definition) is 3. The summed E-state index contributed by atoms with van der Waals surface area (Å²) in [6.45, 7) is 0.423. The van der Waals surface area contributed by atoms with Gasteiger partial charge < -0.3 is 14.8 Å². The number of nitrogens with zero attached hydrogens (tertiary/aromatic N) is 3. The third-order valence-electron chi connectivity index (χ3n) is 5.87. The maximum Gasteiger partial charge on any atom is 0.335 e. The van der Waals surface area contributed by atoms with E-state index < -0.39 is 22.1 Å². The topological polar surface area (TPSA) is 125 Å². The Morgan fingerprint density at radius 1 is 1.00 bits per heavy atom. The Balaban J connectivity index is 1.45. The zero-order valence-corrected chi connectivity index (χ0v) is 22.3. The second-order valence-corrected chi connectivity index (χ2v) is 11.0. The summed E-state index contributed by atoms with van der Waals surface area (Å²) in [7, 11) is -3.87. The zero-order chi connectivity index (χ0) is 27.7. The molecule has 12 heteroatoms. The Hall–Kier alpha value is -4.25. The van der Waals surface area contributed by atoms with Crippen molar-refractivity contribution >= 4 is 57.2 Å². The lowest BCUT2D eigenvalue weighted by Crippen LogP contribution is -2.29. The molecular weight excluding hydrogens is 563 g/mol. The van der Waals surface area contributed by atoms with Crippen molar-refractivity contribution in [2.45, 2.75) is 6.54 Å². The fourth-order valence-corrected chi connectivity index (χ4v) is 5.53. The van der Waals surface area contributed by atoms with Gasteiger partial charge in [-0.1, -0.05) is 53.5 Å². The van der Waals surface area contributed by atoms with Gasteiger partial charge in [-0.05, 0) is 59.7 Å². The Bertz CT molecular complexity index is 1730. The predicted octanol–water partition coefficient (Wildman–Crippen LogP) is 5.79. The second kappa shape index (κ2) is 10.5. The number of aromatic nitrogens is 2. The number of halogens is 2. The molecule has 0 spiro atoms. The van der Waals surface area contributed by atoms with E-state index in [-0.39, 0.29) is 5.56 Å². The molecule has 1 aliphatic rings. The maximum atomic E-state index is 12.1. The number of aromatic carboxylic acids is 1. The molecule has 1 aliphatic heterocycles. The Kier molecular flexibility index (Phi) is 7.09. The molecule has 0 aliphatic carbocycles. The average molecular weight is 583 g/mol. The van der Waals surface area contributed by atoms with Crippen LogP contribution in [0.5, 0.6) is 0 Å². The van der Waals surface area contributed by atoms with E-state index in [4.69, 9.17) is 28.2 Å². The first kappa shape index (κ1) is 26.4. The van der Waals surface area contributed by atoms with E-state index in [2.05, 4.69) is 0 Å². The van der Waals surface area contributed by atoms with Gasteiger partial charge in [0, 0.05) is 23.3 Å². The van der Waals surface area contributed by atoms with Gasteiger partial charge in [0.25, 0.3) is 0 Å². The van der Waals surface area contributed by atoms with Gasteiger partial charge in [0.2, 0.25) is 5.88 Å². The molecule has 2 heterocycles. The van der Waals surface area contributed by atoms with Crippen LogP contribution in [-0.4, -0.2) is 34.2 Å². The quantitative estimate of drug-likeness (QED) is 0.253. The van der Waals surface area contributed by atoms with E-state index in [0.717, 1.165) is 21.6 Å². The van der Waals surface area contributed by atoms with Gasteiger partial charge in [-0.3, -0.25) is 0 Å². The molecule has 0 amide bonds. The minimum atomic E-state index is -3.87. The number of rotatable bonds is 7. The predicted molar refractivity (Wildman–Crippen MR) is 151 cm³/mol. The molecule has 0 unspecified atom stereocenters. The SMILES string of the molecule is O=C(O)c1ccc(Cn2cc(-c3ccc(Cl)cc3Cl)nc2C=Cc2ccc(N3C=C(O)NS3(=O)=O)cc2)cc1. The van der Waals surface area contributed by atoms with Gasteiger partial charge in [0.15, 0.2) is 0 Å². The van der Waals surface area contributed by atoms with Crippen LogP contribution in [0.1, 0.15) is 27.3 Å². The van der Waals surface area contributed by atoms with Crippen LogP contribution in [0.4, 0.5) is 5.69 Å². The first-order chi connectivity index (χ1) is 18.6. The lowest BCUT2D eigenvalue weighted by Gasteiger charge is -2.13. The number of carboxylic acids is 1. The minimum Gasteiger partial charge on any atom is -0.493 e. The number of nitrogens with one attached hydrogen (secondary N) is 1. The molecule has 3 N–H and O–H groups in total. The highest BCUT2D eigenvalue weighted by Crippen LogP contribution is 2.30. The summed E-state index contributed by atoms with van der Waals surface area (Å²) in [5.74, 6) is -0.841. The number of hydrogen-bond acceptors (Lipinski definition) is 5. The van der Waals surface area contributed by atoms with Crippen LogP contribution in [0.2, 0.25) is 10.0 Å². The van der Waals surface area contributed by atoms with Crippen molar-refractivity contribution in [1.29, 1.82) is 0 Å². The van der Waals surface area contributed by atoms with Crippen molar-refractivity contribution < 1.29 is 23.4 Å². The normalized spacial score (nSPS) is 14.4. The van der Waals surface area contributed by atoms with Gasteiger partial charge in [0.05, 0.1) is 28.2 Å². The molecule has 1 aromatic heterocycles. The first-order valence-corrected chi connectivity index (χ1v) is 13.6. The number of carbonyl (C=O) groups is 1. The fourth-order valence-electron chi connectivity index (χ4n) is 3.97. The summed E-state index contributed by atoms with van der Waals surface area (Å²) in [6.07, 6.45) is 6.58. The molecule has 39 heavy (non-hydrogen) atoms. The van der Waals surface area contributed by atoms with Crippen molar-refractivity contribution in [3.05, 3.63) is 118 Å². The summed E-state index contributed by atoms with van der Waals surface area (Å²) in [6, 6.07) is 18.5. The number of aliphatic hydroxyl groups excluding tert-OH is 1. The van der Waals surface area contributed by atoms with Crippen LogP contribution in [0.25, 0.3) is 23.4 Å². The molecular formula is C27H20Cl2N4O5S. The van der Waals surface area contributed by atoms with Crippen LogP contribution >= 0.6 is 23.2 Å². The highest BCUT2D eigenvalue weighted by molar-refractivity contribution is 7.91. The Labute approximate surface area is 234 Å². The third kappa shape index (κ3) is 5.78. The van der Waals surface area contributed by atoms with Crippen molar-refractivity contribution in [3.63, 3.8) is 0 Å². The van der Waals surface area contributed by atoms with E-state index >= 15 is 0 Å². The van der Waals surface area contributed by atoms with Gasteiger partial charge in [-0.15, -0.1) is 0 Å². The van der Waals surface area contributed by atoms with Crippen molar-refractivity contribution in [3.8, 4) is 11.3 Å². The number of anilines is 1. The largest absolute Gasteiger partial charge is 0.493 e. The monoisotopic (exact) mass is 582 g/mol. The van der Waals surface area contributed by atoms with E-state index in [1.807, 2.05) is 27.6 Å². The number of carboxylic acid groups (broad SMARTS) is 1. The highest BCUT2D eigenvalue weighted by Gasteiger charge is 2.28. The summed E-state index contributed by atoms with van der Waals surface area (Å²) < 4.78 is 29.1. The third-order valence-corrected chi connectivity index (χ3v) is 7.72. The maximum absolute atomic E-state index is 12.1. The molecule has 0 saturated carbocycles. The van der Waals surface area contributed by atoms with Crippen molar-refractivity contribution in [2.75, 3.05) is 4.31 Å². The Morgan fingerprint density at radius 3 is 2.33 bits per heavy atom. The second-order valence-electron chi connectivity index (χ2n) is 8.58. The molecule has 0 radical (unpaired) electrons. The van der Waals surface area contributed by atoms with E-state index in [9.17, 15) is 23.4 Å². The van der Waals surface area contributed by atoms with E-state index in [1.54, 1.807) is 66.7 Å². The Morgan fingerprint density at radius 2 is 1.72 bits per heavy atom. The average Bonchev–Trinajstić information content (AvgIpc) is 3.41. The van der Waals surface area contributed by atoms with Crippen LogP contribution in [0.3, 0.4) is 0 Å². The van der Waals surface area contributed by atoms with Crippen LogP contribution in [0.15, 0.2) is 85.0 Å². The van der Waals surface area contributed by atoms with E-state index in [1.165, 1.54) is 0 Å². The molecule has 0 fully saturated rings. The van der Waals surface area contributed by atoms with Gasteiger partial charge >= 0.3 is 16.2 Å². The lowest BCUT2D eigenvalue weighted by molar-refractivity contribution is 0.0697. The van der Waals surface area contributed by atoms with Crippen LogP contribution in [0, 0.1) is 0 Å². The smallest absolute Gasteiger partial charge is 0.335 e. The summed E-state index contributed by atoms with van der Waals surface area (Å²) >= 11 is 12.5. The number of aliphatic hydroxyl groups is 1. The molecule has 198 valence electrons. The van der Waals surface area contributed by atoms with Crippen molar-refractivity contribution in [2.24, 2.45) is 0 Å². The summed E-state index contributed by atoms with van der Waals surface area (Å²) in [4.78, 5) is 16.0. The summed E-state index contributed by atoms with van der Waals surface area (Å²) in [5, 5.41) is 19.7. The molecule has 3 aromatic carbocycles. The molecule has 5 rings (SSSR count). The first-order valence-electron chi connectivity index (χ1n) is 11.4.